The van der Waals surface area contributed by atoms with Gasteiger partial charge in [0, 0.05) is 21.1 Å². The highest BCUT2D eigenvalue weighted by Crippen LogP contribution is 2.36. The highest BCUT2D eigenvalue weighted by molar-refractivity contribution is 9.11. The summed E-state index contributed by atoms with van der Waals surface area (Å²) in [5.41, 5.74) is 0. The minimum atomic E-state index is -3.51. The Hall–Kier alpha value is 0.700. The predicted molar refractivity (Wildman–Crippen MR) is 88.5 cm³/mol. The zero-order chi connectivity index (χ0) is 14.6. The SMILES string of the molecule is CCC(COc1c(Br)cc(Br)cc1Br)CS(=O)(=O)Cl. The van der Waals surface area contributed by atoms with Gasteiger partial charge in [-0.2, -0.15) is 0 Å². The Labute approximate surface area is 142 Å². The molecule has 0 N–H and O–H groups in total. The molecular weight excluding hydrogens is 487 g/mol. The molecule has 1 unspecified atom stereocenters. The van der Waals surface area contributed by atoms with Gasteiger partial charge in [-0.1, -0.05) is 22.9 Å². The van der Waals surface area contributed by atoms with Crippen molar-refractivity contribution in [3.8, 4) is 5.75 Å². The lowest BCUT2D eigenvalue weighted by Gasteiger charge is -2.16. The number of hydrogen-bond acceptors (Lipinski definition) is 3. The molecule has 1 atom stereocenters. The van der Waals surface area contributed by atoms with Gasteiger partial charge in [-0.05, 0) is 50.4 Å². The molecule has 0 radical (unpaired) electrons. The van der Waals surface area contributed by atoms with Crippen molar-refractivity contribution in [2.24, 2.45) is 5.92 Å². The van der Waals surface area contributed by atoms with E-state index in [2.05, 4.69) is 47.8 Å². The molecule has 0 aliphatic rings. The van der Waals surface area contributed by atoms with Gasteiger partial charge in [-0.3, -0.25) is 0 Å². The first kappa shape index (κ1) is 17.8. The standard InChI is InChI=1S/C11H12Br3ClO3S/c1-2-7(6-19(15,16)17)5-18-11-9(13)3-8(12)4-10(11)14/h3-4,7H,2,5-6H2,1H3. The third-order valence-electron chi connectivity index (χ3n) is 2.44. The average Bonchev–Trinajstić information content (AvgIpc) is 2.24. The Morgan fingerprint density at radius 2 is 1.79 bits per heavy atom. The van der Waals surface area contributed by atoms with E-state index in [-0.39, 0.29) is 11.7 Å². The summed E-state index contributed by atoms with van der Waals surface area (Å²) in [7, 11) is 1.76. The summed E-state index contributed by atoms with van der Waals surface area (Å²) in [4.78, 5) is 0. The lowest BCUT2D eigenvalue weighted by molar-refractivity contribution is 0.255. The number of rotatable bonds is 6. The highest BCUT2D eigenvalue weighted by atomic mass is 79.9. The Kier molecular flexibility index (Phi) is 7.13. The number of benzene rings is 1. The van der Waals surface area contributed by atoms with Gasteiger partial charge < -0.3 is 4.74 Å². The van der Waals surface area contributed by atoms with Gasteiger partial charge in [0.05, 0.1) is 21.3 Å². The zero-order valence-electron chi connectivity index (χ0n) is 10.00. The first-order chi connectivity index (χ1) is 8.73. The van der Waals surface area contributed by atoms with Crippen LogP contribution in [-0.2, 0) is 9.05 Å². The van der Waals surface area contributed by atoms with Gasteiger partial charge in [0.15, 0.2) is 0 Å². The quantitative estimate of drug-likeness (QED) is 0.521. The summed E-state index contributed by atoms with van der Waals surface area (Å²) >= 11 is 10.2. The molecule has 0 fully saturated rings. The van der Waals surface area contributed by atoms with E-state index in [9.17, 15) is 8.42 Å². The first-order valence-corrected chi connectivity index (χ1v) is 10.3. The molecular formula is C11H12Br3ClO3S. The fraction of sp³-hybridized carbons (Fsp3) is 0.455. The van der Waals surface area contributed by atoms with Crippen LogP contribution in [0.4, 0.5) is 0 Å². The molecule has 1 rings (SSSR count). The molecule has 0 saturated carbocycles. The van der Waals surface area contributed by atoms with E-state index < -0.39 is 9.05 Å². The molecule has 0 aliphatic carbocycles. The Balaban J connectivity index is 2.76. The molecule has 19 heavy (non-hydrogen) atoms. The van der Waals surface area contributed by atoms with Crippen LogP contribution in [0, 0.1) is 5.92 Å². The van der Waals surface area contributed by atoms with E-state index in [1.54, 1.807) is 0 Å². The molecule has 0 saturated heterocycles. The lowest BCUT2D eigenvalue weighted by atomic mass is 10.1. The van der Waals surface area contributed by atoms with Crippen molar-refractivity contribution < 1.29 is 13.2 Å². The van der Waals surface area contributed by atoms with Crippen LogP contribution >= 0.6 is 58.5 Å². The lowest BCUT2D eigenvalue weighted by Crippen LogP contribution is -2.19. The fourth-order valence-corrected chi connectivity index (χ4v) is 5.35. The molecule has 8 heteroatoms. The summed E-state index contributed by atoms with van der Waals surface area (Å²) < 4.78 is 30.3. The van der Waals surface area contributed by atoms with Crippen LogP contribution in [0.1, 0.15) is 13.3 Å². The van der Waals surface area contributed by atoms with Gasteiger partial charge in [0.1, 0.15) is 5.75 Å². The smallest absolute Gasteiger partial charge is 0.232 e. The molecule has 0 bridgehead atoms. The second kappa shape index (κ2) is 7.64. The van der Waals surface area contributed by atoms with Crippen molar-refractivity contribution in [3.63, 3.8) is 0 Å². The molecule has 0 amide bonds. The average molecular weight is 499 g/mol. The van der Waals surface area contributed by atoms with Gasteiger partial charge in [0.25, 0.3) is 0 Å². The largest absolute Gasteiger partial charge is 0.491 e. The van der Waals surface area contributed by atoms with Crippen LogP contribution in [0.15, 0.2) is 25.6 Å². The Morgan fingerprint density at radius 3 is 2.21 bits per heavy atom. The van der Waals surface area contributed by atoms with E-state index in [1.807, 2.05) is 19.1 Å². The summed E-state index contributed by atoms with van der Waals surface area (Å²) in [5, 5.41) is 0. The van der Waals surface area contributed by atoms with Crippen molar-refractivity contribution in [1.29, 1.82) is 0 Å². The monoisotopic (exact) mass is 496 g/mol. The molecule has 1 aromatic carbocycles. The van der Waals surface area contributed by atoms with Gasteiger partial charge in [-0.15, -0.1) is 0 Å². The summed E-state index contributed by atoms with van der Waals surface area (Å²) in [6.45, 7) is 2.20. The van der Waals surface area contributed by atoms with Crippen LogP contribution in [0.5, 0.6) is 5.75 Å². The van der Waals surface area contributed by atoms with Crippen molar-refractivity contribution in [2.75, 3.05) is 12.4 Å². The van der Waals surface area contributed by atoms with Crippen LogP contribution in [-0.4, -0.2) is 20.8 Å². The van der Waals surface area contributed by atoms with Crippen molar-refractivity contribution in [3.05, 3.63) is 25.6 Å². The molecule has 0 heterocycles. The van der Waals surface area contributed by atoms with E-state index >= 15 is 0 Å². The number of ether oxygens (including phenoxy) is 1. The first-order valence-electron chi connectivity index (χ1n) is 5.42. The normalized spacial score (nSPS) is 13.3. The van der Waals surface area contributed by atoms with E-state index in [4.69, 9.17) is 15.4 Å². The maximum Gasteiger partial charge on any atom is 0.232 e. The highest BCUT2D eigenvalue weighted by Gasteiger charge is 2.17. The van der Waals surface area contributed by atoms with Gasteiger partial charge in [-0.25, -0.2) is 8.42 Å². The molecule has 108 valence electrons. The third kappa shape index (κ3) is 6.33. The minimum Gasteiger partial charge on any atom is -0.491 e. The van der Waals surface area contributed by atoms with Crippen LogP contribution in [0.25, 0.3) is 0 Å². The number of halogens is 4. The summed E-state index contributed by atoms with van der Waals surface area (Å²) in [5.74, 6) is 0.426. The van der Waals surface area contributed by atoms with Gasteiger partial charge >= 0.3 is 0 Å². The summed E-state index contributed by atoms with van der Waals surface area (Å²) in [6.07, 6.45) is 0.678. The molecule has 0 aromatic heterocycles. The maximum absolute atomic E-state index is 11.1. The van der Waals surface area contributed by atoms with Crippen molar-refractivity contribution in [1.82, 2.24) is 0 Å². The van der Waals surface area contributed by atoms with E-state index in [0.717, 1.165) is 13.4 Å². The number of hydrogen-bond donors (Lipinski definition) is 0. The maximum atomic E-state index is 11.1. The Morgan fingerprint density at radius 1 is 1.26 bits per heavy atom. The van der Waals surface area contributed by atoms with E-state index in [0.29, 0.717) is 18.8 Å². The Bertz CT molecular complexity index is 525. The van der Waals surface area contributed by atoms with Crippen molar-refractivity contribution >= 4 is 67.5 Å². The molecule has 0 aliphatic heterocycles. The summed E-state index contributed by atoms with van der Waals surface area (Å²) in [6, 6.07) is 3.72. The molecule has 0 spiro atoms. The van der Waals surface area contributed by atoms with Crippen LogP contribution < -0.4 is 4.74 Å². The second-order valence-electron chi connectivity index (χ2n) is 3.99. The molecule has 3 nitrogen and oxygen atoms in total. The predicted octanol–water partition coefficient (Wildman–Crippen LogP) is 4.95. The minimum absolute atomic E-state index is 0.0865. The zero-order valence-corrected chi connectivity index (χ0v) is 16.3. The van der Waals surface area contributed by atoms with Crippen LogP contribution in [0.3, 0.4) is 0 Å². The fourth-order valence-electron chi connectivity index (χ4n) is 1.43. The van der Waals surface area contributed by atoms with E-state index in [1.165, 1.54) is 0 Å². The van der Waals surface area contributed by atoms with Crippen LogP contribution in [0.2, 0.25) is 0 Å². The topological polar surface area (TPSA) is 43.4 Å². The third-order valence-corrected chi connectivity index (χ3v) is 5.32. The van der Waals surface area contributed by atoms with Gasteiger partial charge in [0.2, 0.25) is 9.05 Å². The second-order valence-corrected chi connectivity index (χ2v) is 9.44. The van der Waals surface area contributed by atoms with Crippen molar-refractivity contribution in [2.45, 2.75) is 13.3 Å². The molecule has 1 aromatic rings.